The first-order valence-electron chi connectivity index (χ1n) is 4.53. The molecule has 5 heteroatoms. The second-order valence-electron chi connectivity index (χ2n) is 3.09. The molecule has 1 rings (SSSR count). The van der Waals surface area contributed by atoms with Crippen LogP contribution in [0.3, 0.4) is 0 Å². The second-order valence-corrected chi connectivity index (χ2v) is 3.09. The van der Waals surface area contributed by atoms with Gasteiger partial charge in [-0.2, -0.15) is 13.2 Å². The van der Waals surface area contributed by atoms with Crippen molar-refractivity contribution in [2.24, 2.45) is 0 Å². The zero-order valence-electron chi connectivity index (χ0n) is 8.51. The van der Waals surface area contributed by atoms with Crippen molar-refractivity contribution in [2.75, 3.05) is 7.11 Å². The van der Waals surface area contributed by atoms with Crippen LogP contribution in [0.4, 0.5) is 13.2 Å². The summed E-state index contributed by atoms with van der Waals surface area (Å²) in [5.74, 6) is 0. The lowest BCUT2D eigenvalue weighted by molar-refractivity contribution is -0.216. The van der Waals surface area contributed by atoms with Crippen LogP contribution in [0.5, 0.6) is 0 Å². The van der Waals surface area contributed by atoms with Crippen LogP contribution in [0.2, 0.25) is 0 Å². The second kappa shape index (κ2) is 4.61. The summed E-state index contributed by atoms with van der Waals surface area (Å²) < 4.78 is 41.7. The summed E-state index contributed by atoms with van der Waals surface area (Å²) in [5, 5.41) is 0. The molecule has 0 aliphatic rings. The topological polar surface area (TPSA) is 22.1 Å². The molecular weight excluding hydrogens is 207 g/mol. The molecule has 0 aliphatic carbocycles. The average Bonchev–Trinajstić information content (AvgIpc) is 2.18. The van der Waals surface area contributed by atoms with Crippen molar-refractivity contribution in [1.82, 2.24) is 4.98 Å². The zero-order chi connectivity index (χ0) is 11.5. The Hall–Kier alpha value is -1.10. The van der Waals surface area contributed by atoms with Crippen LogP contribution >= 0.6 is 0 Å². The largest absolute Gasteiger partial charge is 0.418 e. The Morgan fingerprint density at radius 1 is 1.40 bits per heavy atom. The molecule has 2 nitrogen and oxygen atoms in total. The Morgan fingerprint density at radius 2 is 2.07 bits per heavy atom. The van der Waals surface area contributed by atoms with Crippen molar-refractivity contribution in [2.45, 2.75) is 25.6 Å². The van der Waals surface area contributed by atoms with Gasteiger partial charge in [0.05, 0.1) is 0 Å². The molecule has 0 radical (unpaired) electrons. The van der Waals surface area contributed by atoms with E-state index >= 15 is 0 Å². The minimum Gasteiger partial charge on any atom is -0.367 e. The molecule has 0 amide bonds. The normalized spacial score (nSPS) is 13.9. The van der Waals surface area contributed by atoms with Crippen molar-refractivity contribution in [3.8, 4) is 0 Å². The third kappa shape index (κ3) is 2.92. The number of ether oxygens (including phenoxy) is 1. The Bertz CT molecular complexity index is 307. The van der Waals surface area contributed by atoms with Crippen LogP contribution in [-0.2, 0) is 11.2 Å². The first-order valence-corrected chi connectivity index (χ1v) is 4.53. The van der Waals surface area contributed by atoms with Gasteiger partial charge in [-0.05, 0) is 12.5 Å². The number of halogens is 3. The van der Waals surface area contributed by atoms with Gasteiger partial charge in [-0.15, -0.1) is 0 Å². The maximum absolute atomic E-state index is 12.4. The van der Waals surface area contributed by atoms with Crippen molar-refractivity contribution >= 4 is 0 Å². The average molecular weight is 219 g/mol. The van der Waals surface area contributed by atoms with Crippen molar-refractivity contribution in [3.63, 3.8) is 0 Å². The molecule has 84 valence electrons. The van der Waals surface area contributed by atoms with E-state index in [0.29, 0.717) is 6.42 Å². The summed E-state index contributed by atoms with van der Waals surface area (Å²) in [4.78, 5) is 3.90. The molecule has 0 spiro atoms. The van der Waals surface area contributed by atoms with E-state index in [4.69, 9.17) is 0 Å². The Labute approximate surface area is 86.1 Å². The van der Waals surface area contributed by atoms with Gasteiger partial charge in [0.2, 0.25) is 0 Å². The fraction of sp³-hybridized carbons (Fsp3) is 0.500. The van der Waals surface area contributed by atoms with E-state index < -0.39 is 12.3 Å². The number of aromatic nitrogens is 1. The molecular formula is C10H12F3NO. The minimum absolute atomic E-state index is 0.0298. The molecule has 1 atom stereocenters. The smallest absolute Gasteiger partial charge is 0.367 e. The number of pyridine rings is 1. The third-order valence-corrected chi connectivity index (χ3v) is 2.05. The molecule has 0 aromatic carbocycles. The summed E-state index contributed by atoms with van der Waals surface area (Å²) >= 11 is 0. The van der Waals surface area contributed by atoms with Gasteiger partial charge in [0.1, 0.15) is 0 Å². The van der Waals surface area contributed by atoms with Gasteiger partial charge >= 0.3 is 6.18 Å². The molecule has 0 saturated heterocycles. The van der Waals surface area contributed by atoms with E-state index in [1.54, 1.807) is 6.07 Å². The summed E-state index contributed by atoms with van der Waals surface area (Å²) in [6.45, 7) is 1.89. The highest BCUT2D eigenvalue weighted by molar-refractivity contribution is 5.17. The van der Waals surface area contributed by atoms with E-state index in [-0.39, 0.29) is 5.56 Å². The zero-order valence-corrected chi connectivity index (χ0v) is 8.51. The van der Waals surface area contributed by atoms with E-state index in [1.807, 2.05) is 6.92 Å². The predicted molar refractivity (Wildman–Crippen MR) is 49.4 cm³/mol. The van der Waals surface area contributed by atoms with Gasteiger partial charge in [0.15, 0.2) is 6.10 Å². The molecule has 1 unspecified atom stereocenters. The van der Waals surface area contributed by atoms with Crippen LogP contribution in [0, 0.1) is 0 Å². The molecule has 0 N–H and O–H groups in total. The highest BCUT2D eigenvalue weighted by Crippen LogP contribution is 2.34. The third-order valence-electron chi connectivity index (χ3n) is 2.05. The summed E-state index contributed by atoms with van der Waals surface area (Å²) in [6.07, 6.45) is -4.38. The van der Waals surface area contributed by atoms with Crippen LogP contribution < -0.4 is 0 Å². The Balaban J connectivity index is 2.93. The van der Waals surface area contributed by atoms with Gasteiger partial charge in [0.25, 0.3) is 0 Å². The number of aryl methyl sites for hydroxylation is 1. The van der Waals surface area contributed by atoms with E-state index in [9.17, 15) is 13.2 Å². The molecule has 1 aromatic heterocycles. The monoisotopic (exact) mass is 219 g/mol. The summed E-state index contributed by atoms with van der Waals surface area (Å²) in [7, 11) is 1.03. The lowest BCUT2D eigenvalue weighted by Gasteiger charge is -2.18. The van der Waals surface area contributed by atoms with Gasteiger partial charge in [-0.3, -0.25) is 4.98 Å². The Morgan fingerprint density at radius 3 is 2.40 bits per heavy atom. The predicted octanol–water partition coefficient (Wildman–Crippen LogP) is 2.89. The van der Waals surface area contributed by atoms with E-state index in [0.717, 1.165) is 12.8 Å². The van der Waals surface area contributed by atoms with E-state index in [1.165, 1.54) is 12.3 Å². The molecule has 15 heavy (non-hydrogen) atoms. The number of hydrogen-bond donors (Lipinski definition) is 0. The first-order chi connectivity index (χ1) is 6.99. The fourth-order valence-electron chi connectivity index (χ4n) is 1.26. The molecule has 1 aromatic rings. The van der Waals surface area contributed by atoms with Crippen molar-refractivity contribution in [3.05, 3.63) is 29.6 Å². The molecule has 0 fully saturated rings. The minimum atomic E-state index is -4.40. The SMILES string of the molecule is CCc1ccc(C(OC)C(F)(F)F)cn1. The van der Waals surface area contributed by atoms with Crippen molar-refractivity contribution in [1.29, 1.82) is 0 Å². The number of hydrogen-bond acceptors (Lipinski definition) is 2. The van der Waals surface area contributed by atoms with Crippen LogP contribution in [-0.4, -0.2) is 18.3 Å². The number of methoxy groups -OCH3 is 1. The van der Waals surface area contributed by atoms with Crippen molar-refractivity contribution < 1.29 is 17.9 Å². The van der Waals surface area contributed by atoms with E-state index in [2.05, 4.69) is 9.72 Å². The maximum atomic E-state index is 12.4. The lowest BCUT2D eigenvalue weighted by Crippen LogP contribution is -2.22. The van der Waals surface area contributed by atoms with Gasteiger partial charge in [-0.1, -0.05) is 13.0 Å². The Kier molecular flexibility index (Phi) is 3.68. The molecule has 0 bridgehead atoms. The van der Waals surface area contributed by atoms with Crippen LogP contribution in [0.15, 0.2) is 18.3 Å². The van der Waals surface area contributed by atoms with Crippen LogP contribution in [0.1, 0.15) is 24.3 Å². The van der Waals surface area contributed by atoms with Gasteiger partial charge in [0, 0.05) is 24.6 Å². The quantitative estimate of drug-likeness (QED) is 0.779. The number of alkyl halides is 3. The summed E-state index contributed by atoms with van der Waals surface area (Å²) in [5.41, 5.74) is 0.790. The van der Waals surface area contributed by atoms with Gasteiger partial charge in [-0.25, -0.2) is 0 Å². The van der Waals surface area contributed by atoms with Crippen LogP contribution in [0.25, 0.3) is 0 Å². The number of rotatable bonds is 3. The highest BCUT2D eigenvalue weighted by Gasteiger charge is 2.41. The highest BCUT2D eigenvalue weighted by atomic mass is 19.4. The first kappa shape index (κ1) is 12.0. The van der Waals surface area contributed by atoms with Gasteiger partial charge < -0.3 is 4.74 Å². The maximum Gasteiger partial charge on any atom is 0.418 e. The lowest BCUT2D eigenvalue weighted by atomic mass is 10.1. The molecule has 1 heterocycles. The standard InChI is InChI=1S/C10H12F3NO/c1-3-8-5-4-7(6-14-8)9(15-2)10(11,12)13/h4-6,9H,3H2,1-2H3. The summed E-state index contributed by atoms with van der Waals surface area (Å²) in [6, 6.07) is 2.97. The molecule has 0 aliphatic heterocycles. The number of nitrogens with zero attached hydrogens (tertiary/aromatic N) is 1. The fourth-order valence-corrected chi connectivity index (χ4v) is 1.26. The molecule has 0 saturated carbocycles.